The van der Waals surface area contributed by atoms with Crippen LogP contribution in [0.1, 0.15) is 13.3 Å². The first-order valence-electron chi connectivity index (χ1n) is 5.42. The summed E-state index contributed by atoms with van der Waals surface area (Å²) in [6, 6.07) is 0.335. The monoisotopic (exact) mass is 212 g/mol. The third kappa shape index (κ3) is 4.44. The van der Waals surface area contributed by atoms with Crippen molar-refractivity contribution in [1.82, 2.24) is 10.6 Å². The number of rotatable bonds is 6. The van der Waals surface area contributed by atoms with Gasteiger partial charge < -0.3 is 15.4 Å². The van der Waals surface area contributed by atoms with E-state index < -0.39 is 0 Å². The van der Waals surface area contributed by atoms with Crippen molar-refractivity contribution in [3.63, 3.8) is 0 Å². The first-order chi connectivity index (χ1) is 7.24. The number of nitrogens with one attached hydrogen (secondary N) is 2. The Morgan fingerprint density at radius 3 is 3.13 bits per heavy atom. The molecule has 1 fully saturated rings. The molecular formula is C11H20N2O2. The molecule has 0 saturated carbocycles. The molecule has 86 valence electrons. The van der Waals surface area contributed by atoms with Gasteiger partial charge in [0.1, 0.15) is 0 Å². The molecule has 2 atom stereocenters. The van der Waals surface area contributed by atoms with Crippen molar-refractivity contribution in [3.8, 4) is 0 Å². The highest BCUT2D eigenvalue weighted by atomic mass is 16.5. The third-order valence-electron chi connectivity index (χ3n) is 2.70. The van der Waals surface area contributed by atoms with Gasteiger partial charge in [0.15, 0.2) is 0 Å². The Labute approximate surface area is 91.1 Å². The van der Waals surface area contributed by atoms with Crippen molar-refractivity contribution in [3.05, 3.63) is 12.7 Å². The molecule has 0 aliphatic carbocycles. The van der Waals surface area contributed by atoms with Crippen LogP contribution < -0.4 is 10.6 Å². The molecule has 2 N–H and O–H groups in total. The van der Waals surface area contributed by atoms with E-state index in [1.807, 2.05) is 0 Å². The van der Waals surface area contributed by atoms with Crippen LogP contribution in [-0.2, 0) is 9.53 Å². The van der Waals surface area contributed by atoms with Crippen LogP contribution in [0.4, 0.5) is 0 Å². The normalized spacial score (nSPS) is 22.3. The molecular weight excluding hydrogens is 192 g/mol. The Kier molecular flexibility index (Phi) is 5.36. The molecule has 2 unspecified atom stereocenters. The Morgan fingerprint density at radius 1 is 1.73 bits per heavy atom. The zero-order valence-electron chi connectivity index (χ0n) is 9.29. The van der Waals surface area contributed by atoms with E-state index in [-0.39, 0.29) is 5.91 Å². The molecule has 1 rings (SSSR count). The van der Waals surface area contributed by atoms with Gasteiger partial charge in [-0.05, 0) is 19.3 Å². The van der Waals surface area contributed by atoms with Crippen molar-refractivity contribution in [2.24, 2.45) is 5.92 Å². The minimum absolute atomic E-state index is 0.0145. The lowest BCUT2D eigenvalue weighted by Crippen LogP contribution is -2.41. The van der Waals surface area contributed by atoms with Crippen molar-refractivity contribution in [2.75, 3.05) is 26.3 Å². The summed E-state index contributed by atoms with van der Waals surface area (Å²) in [6.07, 6.45) is 2.76. The molecule has 0 bridgehead atoms. The van der Waals surface area contributed by atoms with Crippen LogP contribution in [0.2, 0.25) is 0 Å². The standard InChI is InChI=1S/C11H20N2O2/c1-3-5-12-11(14)7-13-9(2)10-4-6-15-8-10/h3,9-10,13H,1,4-8H2,2H3,(H,12,14). The fourth-order valence-corrected chi connectivity index (χ4v) is 1.62. The minimum atomic E-state index is 0.0145. The Hall–Kier alpha value is -0.870. The van der Waals surface area contributed by atoms with Gasteiger partial charge in [-0.1, -0.05) is 6.08 Å². The molecule has 0 aromatic carbocycles. The van der Waals surface area contributed by atoms with Gasteiger partial charge in [-0.2, -0.15) is 0 Å². The fraction of sp³-hybridized carbons (Fsp3) is 0.727. The smallest absolute Gasteiger partial charge is 0.234 e. The van der Waals surface area contributed by atoms with Gasteiger partial charge in [0.05, 0.1) is 13.2 Å². The number of carbonyl (C=O) groups is 1. The lowest BCUT2D eigenvalue weighted by molar-refractivity contribution is -0.120. The summed E-state index contributed by atoms with van der Waals surface area (Å²) in [4.78, 5) is 11.3. The van der Waals surface area contributed by atoms with Gasteiger partial charge in [-0.3, -0.25) is 4.79 Å². The maximum atomic E-state index is 11.3. The highest BCUT2D eigenvalue weighted by Crippen LogP contribution is 2.15. The maximum absolute atomic E-state index is 11.3. The Morgan fingerprint density at radius 2 is 2.53 bits per heavy atom. The molecule has 1 saturated heterocycles. The van der Waals surface area contributed by atoms with Gasteiger partial charge in [-0.25, -0.2) is 0 Å². The second-order valence-corrected chi connectivity index (χ2v) is 3.89. The van der Waals surface area contributed by atoms with Gasteiger partial charge in [0.25, 0.3) is 0 Å². The van der Waals surface area contributed by atoms with E-state index in [2.05, 4.69) is 24.1 Å². The molecule has 0 aromatic rings. The maximum Gasteiger partial charge on any atom is 0.234 e. The van der Waals surface area contributed by atoms with Crippen LogP contribution in [0, 0.1) is 5.92 Å². The summed E-state index contributed by atoms with van der Waals surface area (Å²) in [5.74, 6) is 0.554. The van der Waals surface area contributed by atoms with Gasteiger partial charge in [-0.15, -0.1) is 6.58 Å². The van der Waals surface area contributed by atoms with Crippen molar-refractivity contribution in [2.45, 2.75) is 19.4 Å². The molecule has 1 aliphatic heterocycles. The number of hydrogen-bond acceptors (Lipinski definition) is 3. The number of amides is 1. The lowest BCUT2D eigenvalue weighted by atomic mass is 10.0. The largest absolute Gasteiger partial charge is 0.381 e. The molecule has 1 amide bonds. The molecule has 15 heavy (non-hydrogen) atoms. The molecule has 1 aliphatic rings. The van der Waals surface area contributed by atoms with Crippen LogP contribution in [0.5, 0.6) is 0 Å². The average molecular weight is 212 g/mol. The summed E-state index contributed by atoms with van der Waals surface area (Å²) in [5, 5.41) is 5.93. The zero-order valence-corrected chi connectivity index (χ0v) is 9.29. The quantitative estimate of drug-likeness (QED) is 0.623. The zero-order chi connectivity index (χ0) is 11.1. The third-order valence-corrected chi connectivity index (χ3v) is 2.70. The highest BCUT2D eigenvalue weighted by molar-refractivity contribution is 5.78. The van der Waals surface area contributed by atoms with Crippen molar-refractivity contribution >= 4 is 5.91 Å². The van der Waals surface area contributed by atoms with Crippen LogP contribution >= 0.6 is 0 Å². The van der Waals surface area contributed by atoms with E-state index >= 15 is 0 Å². The Bertz CT molecular complexity index is 213. The summed E-state index contributed by atoms with van der Waals surface area (Å²) < 4.78 is 5.30. The number of carbonyl (C=O) groups excluding carboxylic acids is 1. The van der Waals surface area contributed by atoms with Crippen LogP contribution in [0.15, 0.2) is 12.7 Å². The van der Waals surface area contributed by atoms with E-state index in [1.165, 1.54) is 0 Å². The first-order valence-corrected chi connectivity index (χ1v) is 5.42. The SMILES string of the molecule is C=CCNC(=O)CNC(C)C1CCOC1. The molecule has 0 aromatic heterocycles. The predicted octanol–water partition coefficient (Wildman–Crippen LogP) is 0.303. The van der Waals surface area contributed by atoms with E-state index in [4.69, 9.17) is 4.74 Å². The topological polar surface area (TPSA) is 50.4 Å². The van der Waals surface area contributed by atoms with Crippen LogP contribution in [0.3, 0.4) is 0 Å². The van der Waals surface area contributed by atoms with Crippen molar-refractivity contribution < 1.29 is 9.53 Å². The van der Waals surface area contributed by atoms with E-state index in [0.29, 0.717) is 25.0 Å². The summed E-state index contributed by atoms with van der Waals surface area (Å²) in [5.41, 5.74) is 0. The van der Waals surface area contributed by atoms with Crippen LogP contribution in [-0.4, -0.2) is 38.3 Å². The summed E-state index contributed by atoms with van der Waals surface area (Å²) >= 11 is 0. The second-order valence-electron chi connectivity index (χ2n) is 3.89. The molecule has 0 radical (unpaired) electrons. The van der Waals surface area contributed by atoms with E-state index in [9.17, 15) is 4.79 Å². The number of hydrogen-bond donors (Lipinski definition) is 2. The van der Waals surface area contributed by atoms with E-state index in [1.54, 1.807) is 6.08 Å². The molecule has 4 heteroatoms. The highest BCUT2D eigenvalue weighted by Gasteiger charge is 2.22. The molecule has 1 heterocycles. The van der Waals surface area contributed by atoms with Gasteiger partial charge in [0, 0.05) is 19.2 Å². The van der Waals surface area contributed by atoms with Crippen LogP contribution in [0.25, 0.3) is 0 Å². The van der Waals surface area contributed by atoms with Gasteiger partial charge in [0.2, 0.25) is 5.91 Å². The molecule has 4 nitrogen and oxygen atoms in total. The minimum Gasteiger partial charge on any atom is -0.381 e. The average Bonchev–Trinajstić information content (AvgIpc) is 2.76. The number of ether oxygens (including phenoxy) is 1. The van der Waals surface area contributed by atoms with E-state index in [0.717, 1.165) is 19.6 Å². The second kappa shape index (κ2) is 6.58. The summed E-state index contributed by atoms with van der Waals surface area (Å²) in [6.45, 7) is 8.19. The van der Waals surface area contributed by atoms with Crippen molar-refractivity contribution in [1.29, 1.82) is 0 Å². The Balaban J connectivity index is 2.12. The summed E-state index contributed by atoms with van der Waals surface area (Å²) in [7, 11) is 0. The first kappa shape index (κ1) is 12.2. The molecule has 0 spiro atoms. The predicted molar refractivity (Wildman–Crippen MR) is 59.6 cm³/mol. The van der Waals surface area contributed by atoms with Gasteiger partial charge >= 0.3 is 0 Å². The fourth-order valence-electron chi connectivity index (χ4n) is 1.62. The lowest BCUT2D eigenvalue weighted by Gasteiger charge is -2.18.